The molecule has 1 aliphatic rings. The molecular weight excluding hydrogens is 474 g/mol. The van der Waals surface area contributed by atoms with Gasteiger partial charge in [-0.15, -0.1) is 0 Å². The Hall–Kier alpha value is -2.03. The normalized spacial score (nSPS) is 15.1. The molecule has 2 aromatic rings. The van der Waals surface area contributed by atoms with Gasteiger partial charge < -0.3 is 14.2 Å². The van der Waals surface area contributed by atoms with Crippen LogP contribution in [0.2, 0.25) is 0 Å². The van der Waals surface area contributed by atoms with Crippen LogP contribution in [0.25, 0.3) is 6.08 Å². The van der Waals surface area contributed by atoms with Crippen LogP contribution in [0.15, 0.2) is 51.8 Å². The van der Waals surface area contributed by atoms with Crippen molar-refractivity contribution < 1.29 is 19.0 Å². The number of carbonyl (C=O) groups excluding carboxylic acids is 1. The van der Waals surface area contributed by atoms with Gasteiger partial charge in [0.2, 0.25) is 0 Å². The Balaban J connectivity index is 1.64. The summed E-state index contributed by atoms with van der Waals surface area (Å²) in [5.74, 6) is 1.94. The van der Waals surface area contributed by atoms with Gasteiger partial charge in [0.05, 0.1) is 11.5 Å². The molecule has 0 spiro atoms. The molecule has 1 aliphatic heterocycles. The SMILES string of the molecule is CCOc1cc(C=C2SC(=S)N(C)C2=O)ccc1OCCOc1ccc(Br)cc1. The standard InChI is InChI=1S/C21H20BrNO4S2/c1-3-25-18-12-14(13-19-20(24)23(2)21(28)29-19)4-9-17(18)27-11-10-26-16-7-5-15(22)6-8-16/h4-9,12-13H,3,10-11H2,1-2H3. The first-order valence-electron chi connectivity index (χ1n) is 8.97. The van der Waals surface area contributed by atoms with Crippen LogP contribution in [0.3, 0.4) is 0 Å². The molecule has 1 heterocycles. The maximum Gasteiger partial charge on any atom is 0.265 e. The van der Waals surface area contributed by atoms with Crippen LogP contribution >= 0.6 is 39.9 Å². The second-order valence-corrected chi connectivity index (χ2v) is 8.62. The van der Waals surface area contributed by atoms with Crippen molar-refractivity contribution >= 4 is 56.2 Å². The monoisotopic (exact) mass is 493 g/mol. The predicted octanol–water partition coefficient (Wildman–Crippen LogP) is 5.14. The van der Waals surface area contributed by atoms with E-state index in [-0.39, 0.29) is 5.91 Å². The summed E-state index contributed by atoms with van der Waals surface area (Å²) in [5, 5.41) is 0. The van der Waals surface area contributed by atoms with Gasteiger partial charge in [-0.2, -0.15) is 0 Å². The number of carbonyl (C=O) groups is 1. The Kier molecular flexibility index (Phi) is 7.57. The van der Waals surface area contributed by atoms with Crippen molar-refractivity contribution in [1.82, 2.24) is 4.90 Å². The predicted molar refractivity (Wildman–Crippen MR) is 124 cm³/mol. The molecule has 0 radical (unpaired) electrons. The van der Waals surface area contributed by atoms with Crippen LogP contribution in [0.1, 0.15) is 12.5 Å². The van der Waals surface area contributed by atoms with Crippen molar-refractivity contribution in [3.05, 3.63) is 57.4 Å². The van der Waals surface area contributed by atoms with Crippen molar-refractivity contribution in [3.63, 3.8) is 0 Å². The Bertz CT molecular complexity index is 931. The molecule has 5 nitrogen and oxygen atoms in total. The van der Waals surface area contributed by atoms with Crippen LogP contribution in [-0.2, 0) is 4.79 Å². The number of hydrogen-bond donors (Lipinski definition) is 0. The van der Waals surface area contributed by atoms with Gasteiger partial charge in [-0.1, -0.05) is 46.0 Å². The quantitative estimate of drug-likeness (QED) is 0.288. The smallest absolute Gasteiger partial charge is 0.265 e. The molecule has 1 amide bonds. The summed E-state index contributed by atoms with van der Waals surface area (Å²) in [7, 11) is 1.68. The van der Waals surface area contributed by atoms with E-state index in [1.54, 1.807) is 7.05 Å². The minimum atomic E-state index is -0.0941. The molecule has 0 saturated carbocycles. The van der Waals surface area contributed by atoms with E-state index in [4.69, 9.17) is 26.4 Å². The van der Waals surface area contributed by atoms with Gasteiger partial charge in [0.25, 0.3) is 5.91 Å². The molecule has 29 heavy (non-hydrogen) atoms. The average molecular weight is 494 g/mol. The lowest BCUT2D eigenvalue weighted by Crippen LogP contribution is -2.22. The topological polar surface area (TPSA) is 48.0 Å². The fraction of sp³-hybridized carbons (Fsp3) is 0.238. The van der Waals surface area contributed by atoms with Crippen LogP contribution in [-0.4, -0.2) is 42.0 Å². The highest BCUT2D eigenvalue weighted by Crippen LogP contribution is 2.34. The third-order valence-corrected chi connectivity index (χ3v) is 5.99. The number of benzene rings is 2. The first-order chi connectivity index (χ1) is 14.0. The van der Waals surface area contributed by atoms with Crippen LogP contribution in [0.4, 0.5) is 0 Å². The summed E-state index contributed by atoms with van der Waals surface area (Å²) in [6, 6.07) is 13.2. The number of halogens is 1. The summed E-state index contributed by atoms with van der Waals surface area (Å²) in [6.07, 6.45) is 1.81. The largest absolute Gasteiger partial charge is 0.490 e. The highest BCUT2D eigenvalue weighted by Gasteiger charge is 2.28. The molecule has 0 atom stereocenters. The molecule has 0 N–H and O–H groups in total. The van der Waals surface area contributed by atoms with E-state index >= 15 is 0 Å². The first-order valence-corrected chi connectivity index (χ1v) is 11.0. The zero-order valence-corrected chi connectivity index (χ0v) is 19.2. The zero-order chi connectivity index (χ0) is 20.8. The molecule has 0 aromatic heterocycles. The molecule has 0 aliphatic carbocycles. The maximum absolute atomic E-state index is 12.2. The van der Waals surface area contributed by atoms with Crippen molar-refractivity contribution in [2.45, 2.75) is 6.92 Å². The van der Waals surface area contributed by atoms with Gasteiger partial charge in [-0.25, -0.2) is 0 Å². The number of nitrogens with zero attached hydrogens (tertiary/aromatic N) is 1. The van der Waals surface area contributed by atoms with Gasteiger partial charge in [0, 0.05) is 11.5 Å². The molecule has 8 heteroatoms. The Labute approximate surface area is 188 Å². The number of amides is 1. The minimum Gasteiger partial charge on any atom is -0.490 e. The highest BCUT2D eigenvalue weighted by atomic mass is 79.9. The van der Waals surface area contributed by atoms with Gasteiger partial charge in [0.15, 0.2) is 11.5 Å². The van der Waals surface area contributed by atoms with E-state index in [1.165, 1.54) is 16.7 Å². The summed E-state index contributed by atoms with van der Waals surface area (Å²) < 4.78 is 18.8. The van der Waals surface area contributed by atoms with Crippen LogP contribution in [0, 0.1) is 0 Å². The van der Waals surface area contributed by atoms with Crippen molar-refractivity contribution in [2.24, 2.45) is 0 Å². The second kappa shape index (κ2) is 10.1. The average Bonchev–Trinajstić information content (AvgIpc) is 2.95. The lowest BCUT2D eigenvalue weighted by molar-refractivity contribution is -0.121. The van der Waals surface area contributed by atoms with Crippen molar-refractivity contribution in [3.8, 4) is 17.2 Å². The highest BCUT2D eigenvalue weighted by molar-refractivity contribution is 9.10. The molecule has 3 rings (SSSR count). The lowest BCUT2D eigenvalue weighted by Gasteiger charge is -2.13. The van der Waals surface area contributed by atoms with Gasteiger partial charge in [-0.05, 0) is 55.0 Å². The van der Waals surface area contributed by atoms with Gasteiger partial charge in [0.1, 0.15) is 23.3 Å². The molecule has 0 unspecified atom stereocenters. The van der Waals surface area contributed by atoms with E-state index < -0.39 is 0 Å². The molecule has 1 saturated heterocycles. The fourth-order valence-electron chi connectivity index (χ4n) is 2.54. The Morgan fingerprint density at radius 1 is 1.07 bits per heavy atom. The molecule has 152 valence electrons. The molecule has 0 bridgehead atoms. The van der Waals surface area contributed by atoms with Crippen molar-refractivity contribution in [2.75, 3.05) is 26.9 Å². The zero-order valence-electron chi connectivity index (χ0n) is 16.0. The Morgan fingerprint density at radius 2 is 1.79 bits per heavy atom. The third-order valence-electron chi connectivity index (χ3n) is 3.98. The molecule has 2 aromatic carbocycles. The van der Waals surface area contributed by atoms with E-state index in [0.717, 1.165) is 15.8 Å². The summed E-state index contributed by atoms with van der Waals surface area (Å²) in [5.41, 5.74) is 0.848. The summed E-state index contributed by atoms with van der Waals surface area (Å²) in [6.45, 7) is 3.21. The molecule has 1 fully saturated rings. The van der Waals surface area contributed by atoms with Crippen LogP contribution < -0.4 is 14.2 Å². The van der Waals surface area contributed by atoms with E-state index in [1.807, 2.05) is 55.5 Å². The van der Waals surface area contributed by atoms with Crippen molar-refractivity contribution in [1.29, 1.82) is 0 Å². The Morgan fingerprint density at radius 3 is 2.45 bits per heavy atom. The summed E-state index contributed by atoms with van der Waals surface area (Å²) in [4.78, 5) is 14.2. The fourth-order valence-corrected chi connectivity index (χ4v) is 3.98. The number of likely N-dealkylation sites (N-methyl/N-ethyl adjacent to an activating group) is 1. The second-order valence-electron chi connectivity index (χ2n) is 6.03. The van der Waals surface area contributed by atoms with Gasteiger partial charge >= 0.3 is 0 Å². The van der Waals surface area contributed by atoms with Gasteiger partial charge in [-0.3, -0.25) is 9.69 Å². The summed E-state index contributed by atoms with van der Waals surface area (Å²) >= 11 is 9.86. The minimum absolute atomic E-state index is 0.0941. The molecular formula is C21H20BrNO4S2. The maximum atomic E-state index is 12.2. The number of thiocarbonyl (C=S) groups is 1. The number of hydrogen-bond acceptors (Lipinski definition) is 6. The number of rotatable bonds is 8. The number of ether oxygens (including phenoxy) is 3. The van der Waals surface area contributed by atoms with E-state index in [9.17, 15) is 4.79 Å². The first kappa shape index (κ1) is 21.7. The van der Waals surface area contributed by atoms with E-state index in [2.05, 4.69) is 15.9 Å². The third kappa shape index (κ3) is 5.74. The lowest BCUT2D eigenvalue weighted by atomic mass is 10.2. The van der Waals surface area contributed by atoms with E-state index in [0.29, 0.717) is 40.5 Å². The van der Waals surface area contributed by atoms with Crippen LogP contribution in [0.5, 0.6) is 17.2 Å². The number of thioether (sulfide) groups is 1.